The van der Waals surface area contributed by atoms with E-state index in [0.29, 0.717) is 67.0 Å². The molecule has 0 N–H and O–H groups in total. The van der Waals surface area contributed by atoms with Gasteiger partial charge in [-0.05, 0) is 231 Å². The summed E-state index contributed by atoms with van der Waals surface area (Å²) in [4.78, 5) is 3.90. The van der Waals surface area contributed by atoms with E-state index in [-0.39, 0.29) is 82.3 Å². The van der Waals surface area contributed by atoms with E-state index in [1.54, 1.807) is 0 Å². The molecule has 0 spiro atoms. The number of anilines is 6. The third-order valence-electron chi connectivity index (χ3n) is 25.7. The number of para-hydroxylation sites is 6. The van der Waals surface area contributed by atoms with Crippen LogP contribution < -0.4 is 26.2 Å². The second kappa shape index (κ2) is 29.1. The first-order valence-corrected chi connectivity index (χ1v) is 43.4. The van der Waals surface area contributed by atoms with Crippen molar-refractivity contribution in [2.24, 2.45) is 0 Å². The van der Waals surface area contributed by atoms with Gasteiger partial charge in [0.25, 0.3) is 6.71 Å². The van der Waals surface area contributed by atoms with E-state index in [9.17, 15) is 30.2 Å². The zero-order valence-corrected chi connectivity index (χ0v) is 74.4. The maximum absolute atomic E-state index is 12.3. The fraction of sp³-hybridized carbons (Fsp3) is 0.200. The summed E-state index contributed by atoms with van der Waals surface area (Å²) in [5, 5.41) is 0.262. The van der Waals surface area contributed by atoms with Gasteiger partial charge in [-0.15, -0.1) is 0 Å². The SMILES string of the molecule is [2H]c1c([2H])c(-n2c3c([2H])c([2H])c([2H])c([2H])c3c3c([2H])c([2H])c([2H])c([2H])c32)c([2H])c2c1B1c3c(cc(-c4ccc5c(c4)c4ccccc4n5-c4ccccc4)cc3N(c3c(-c4ccc(C(C)(C)C)cc4)cc(C(C)(C)C)cc3-c3ccc(C(C)(C)C)cc3)c3c([2H])c(-n4c5c([2H])c([2H])c([2H])c([2H])c5c5c([2H])c([2H])c([2H])c([2H])c54)c([2H])c([2H])c31)N2c1c(-c2ccc(C(C)(C)C)cc2)cc(C(C)(C)C)cc1-c1ccc(C(C)(C)C)cc1. The summed E-state index contributed by atoms with van der Waals surface area (Å²) in [6, 6.07) is 54.3. The van der Waals surface area contributed by atoms with Crippen LogP contribution in [0, 0.1) is 0 Å². The Morgan fingerprint density at radius 2 is 0.540 bits per heavy atom. The maximum Gasteiger partial charge on any atom is 0.252 e. The molecule has 19 aromatic rings. The number of aromatic nitrogens is 3. The fourth-order valence-corrected chi connectivity index (χ4v) is 18.8. The Bertz CT molecular complexity index is 8260. The van der Waals surface area contributed by atoms with Crippen molar-refractivity contribution >= 4 is 123 Å². The standard InChI is InChI=1S/C120H110BN5/c1-115(2,3)81-53-44-75(45-54-81)95-69-85(119(13,14)15)70-96(76-46-55-82(56-47-76)116(4,5)6)113(95)125-108-73-88(123-102-39-27-22-34-90(102)91-35-23-28-40-103(91)123)61-63-100(108)121-101-64-62-89(124-104-41-29-24-36-92(104)93-37-25-30-42-105(93)124)74-109(101)126(111-68-80(67-110(125)112(111)121)79-52-65-107-99(66-79)94-38-26-31-43-106(94)122(107)87-32-20-19-21-33-87)114-97(77-48-57-83(58-49-77)117(7,8)9)71-86(120(16,17)18)72-98(114)78-50-59-84(60-51-78)118(10,11)12/h19-74H,1-18H3/i22D,23D,24D,25D,27D,28D,29D,30D,34D,35D,36D,37D,39D,40D,41D,42D,61D,62D,63D,64D,73D,74D. The molecule has 0 unspecified atom stereocenters. The second-order valence-electron chi connectivity index (χ2n) is 40.1. The van der Waals surface area contributed by atoms with Gasteiger partial charge in [-0.3, -0.25) is 0 Å². The lowest BCUT2D eigenvalue weighted by Gasteiger charge is -2.46. The van der Waals surface area contributed by atoms with Gasteiger partial charge in [-0.1, -0.05) is 349 Å². The van der Waals surface area contributed by atoms with Gasteiger partial charge in [0.05, 0.1) is 74.6 Å². The summed E-state index contributed by atoms with van der Waals surface area (Å²) in [5.41, 5.74) is 9.50. The molecule has 5 heterocycles. The molecule has 0 bridgehead atoms. The number of benzene rings is 16. The highest BCUT2D eigenvalue weighted by Crippen LogP contribution is 2.57. The number of nitrogens with zero attached hydrogens (tertiary/aromatic N) is 5. The topological polar surface area (TPSA) is 21.3 Å². The Morgan fingerprint density at radius 3 is 0.889 bits per heavy atom. The molecule has 0 aliphatic carbocycles. The third-order valence-corrected chi connectivity index (χ3v) is 25.7. The van der Waals surface area contributed by atoms with Crippen molar-refractivity contribution in [2.45, 2.75) is 157 Å². The Labute approximate surface area is 774 Å². The minimum atomic E-state index is -1.75. The normalized spacial score (nSPS) is 15.7. The minimum absolute atomic E-state index is 0.178. The molecule has 0 fully saturated rings. The third kappa shape index (κ3) is 13.3. The Kier molecular flexibility index (Phi) is 13.5. The van der Waals surface area contributed by atoms with Crippen molar-refractivity contribution < 1.29 is 30.2 Å². The van der Waals surface area contributed by atoms with Crippen molar-refractivity contribution in [1.82, 2.24) is 13.7 Å². The van der Waals surface area contributed by atoms with Crippen LogP contribution in [0.25, 0.3) is 138 Å². The molecule has 21 rings (SSSR count). The lowest BCUT2D eigenvalue weighted by molar-refractivity contribution is 0.589. The molecule has 2 aliphatic rings. The monoisotopic (exact) mass is 1650 g/mol. The van der Waals surface area contributed by atoms with Crippen LogP contribution in [0.1, 0.15) is 188 Å². The summed E-state index contributed by atoms with van der Waals surface area (Å²) in [6.07, 6.45) is 0. The number of rotatable bonds is 10. The summed E-state index contributed by atoms with van der Waals surface area (Å²) in [5.74, 6) is 0. The van der Waals surface area contributed by atoms with Gasteiger partial charge in [-0.2, -0.15) is 0 Å². The van der Waals surface area contributed by atoms with E-state index >= 15 is 0 Å². The van der Waals surface area contributed by atoms with Gasteiger partial charge in [0, 0.05) is 94.4 Å². The first kappa shape index (κ1) is 58.7. The second-order valence-corrected chi connectivity index (χ2v) is 40.1. The summed E-state index contributed by atoms with van der Waals surface area (Å²) < 4.78 is 232. The Hall–Kier alpha value is -13.4. The minimum Gasteiger partial charge on any atom is -0.310 e. The molecule has 126 heavy (non-hydrogen) atoms. The lowest BCUT2D eigenvalue weighted by atomic mass is 9.33. The molecule has 0 radical (unpaired) electrons. The summed E-state index contributed by atoms with van der Waals surface area (Å²) in [7, 11) is 0. The number of hydrogen-bond donors (Lipinski definition) is 0. The smallest absolute Gasteiger partial charge is 0.252 e. The van der Waals surface area contributed by atoms with E-state index in [1.807, 2.05) is 58.3 Å². The Balaban J connectivity index is 1.07. The van der Waals surface area contributed by atoms with Gasteiger partial charge >= 0.3 is 0 Å². The molecular weight excluding hydrogens is 1520 g/mol. The Morgan fingerprint density at radius 1 is 0.230 bits per heavy atom. The van der Waals surface area contributed by atoms with E-state index in [2.05, 4.69) is 287 Å². The zero-order valence-electron chi connectivity index (χ0n) is 96.4. The number of hydrogen-bond acceptors (Lipinski definition) is 2. The predicted octanol–water partition coefficient (Wildman–Crippen LogP) is 31.2. The first-order chi connectivity index (χ1) is 69.5. The van der Waals surface area contributed by atoms with Crippen LogP contribution >= 0.6 is 0 Å². The van der Waals surface area contributed by atoms with E-state index in [1.165, 1.54) is 0 Å². The largest absolute Gasteiger partial charge is 0.310 e. The van der Waals surface area contributed by atoms with Crippen LogP contribution in [-0.4, -0.2) is 20.4 Å². The molecule has 618 valence electrons. The highest BCUT2D eigenvalue weighted by Gasteiger charge is 2.47. The molecule has 5 nitrogen and oxygen atoms in total. The molecule has 6 heteroatoms. The average molecular weight is 1660 g/mol. The number of fused-ring (bicyclic) bond motifs is 13. The molecule has 0 saturated carbocycles. The molecule has 2 aliphatic heterocycles. The maximum atomic E-state index is 12.3. The highest BCUT2D eigenvalue weighted by atomic mass is 15.2. The van der Waals surface area contributed by atoms with Crippen molar-refractivity contribution in [1.29, 1.82) is 0 Å². The molecule has 0 atom stereocenters. The zero-order chi connectivity index (χ0) is 106. The van der Waals surface area contributed by atoms with Crippen LogP contribution in [0.3, 0.4) is 0 Å². The highest BCUT2D eigenvalue weighted by molar-refractivity contribution is 7.00. The van der Waals surface area contributed by atoms with Gasteiger partial charge in [0.2, 0.25) is 0 Å². The van der Waals surface area contributed by atoms with E-state index < -0.39 is 184 Å². The van der Waals surface area contributed by atoms with Crippen LogP contribution in [-0.2, 0) is 32.5 Å². The molecule has 3 aromatic heterocycles. The molecule has 0 amide bonds. The van der Waals surface area contributed by atoms with Gasteiger partial charge in [0.1, 0.15) is 0 Å². The van der Waals surface area contributed by atoms with Gasteiger partial charge < -0.3 is 23.5 Å². The summed E-state index contributed by atoms with van der Waals surface area (Å²) in [6.45, 7) is 36.6. The van der Waals surface area contributed by atoms with Crippen molar-refractivity contribution in [3.8, 4) is 72.7 Å². The van der Waals surface area contributed by atoms with E-state index in [0.717, 1.165) is 70.0 Å². The van der Waals surface area contributed by atoms with Gasteiger partial charge in [-0.25, -0.2) is 0 Å². The van der Waals surface area contributed by atoms with Crippen molar-refractivity contribution in [2.75, 3.05) is 9.80 Å². The quantitative estimate of drug-likeness (QED) is 0.127. The molecular formula is C120H110BN5. The van der Waals surface area contributed by atoms with Gasteiger partial charge in [0.15, 0.2) is 0 Å². The van der Waals surface area contributed by atoms with Crippen LogP contribution in [0.5, 0.6) is 0 Å². The molecule has 16 aromatic carbocycles. The molecule has 0 saturated heterocycles. The van der Waals surface area contributed by atoms with E-state index in [4.69, 9.17) is 0 Å². The summed E-state index contributed by atoms with van der Waals surface area (Å²) >= 11 is 0. The first-order valence-electron chi connectivity index (χ1n) is 54.4. The predicted molar refractivity (Wildman–Crippen MR) is 543 cm³/mol. The van der Waals surface area contributed by atoms with Crippen LogP contribution in [0.2, 0.25) is 0 Å². The fourth-order valence-electron chi connectivity index (χ4n) is 18.8. The van der Waals surface area contributed by atoms with Crippen LogP contribution in [0.4, 0.5) is 34.1 Å². The lowest BCUT2D eigenvalue weighted by Crippen LogP contribution is -2.61. The van der Waals surface area contributed by atoms with Crippen molar-refractivity contribution in [3.05, 3.63) is 373 Å². The van der Waals surface area contributed by atoms with Crippen LogP contribution in [0.15, 0.2) is 339 Å². The average Bonchev–Trinajstić information content (AvgIpc) is 0.990. The van der Waals surface area contributed by atoms with Crippen molar-refractivity contribution in [3.63, 3.8) is 0 Å².